The Bertz CT molecular complexity index is 519. The molecule has 120 valence electrons. The number of carbonyl (C=O) groups excluding carboxylic acids is 1. The maximum atomic E-state index is 12.3. The van der Waals surface area contributed by atoms with Crippen molar-refractivity contribution < 1.29 is 14.3 Å². The number of carbonyl (C=O) groups is 1. The molecule has 1 heterocycles. The van der Waals surface area contributed by atoms with E-state index in [1.54, 1.807) is 14.2 Å². The van der Waals surface area contributed by atoms with E-state index >= 15 is 0 Å². The number of nitrogens with one attached hydrogen (secondary N) is 1. The highest BCUT2D eigenvalue weighted by molar-refractivity contribution is 5.85. The van der Waals surface area contributed by atoms with Gasteiger partial charge in [-0.3, -0.25) is 9.69 Å². The summed E-state index contributed by atoms with van der Waals surface area (Å²) in [6.07, 6.45) is 1.69. The molecular weight excluding hydrogens is 280 g/mol. The summed E-state index contributed by atoms with van der Waals surface area (Å²) in [6.45, 7) is 2.75. The molecule has 1 aliphatic carbocycles. The first-order valence-electron chi connectivity index (χ1n) is 7.82. The van der Waals surface area contributed by atoms with Crippen LogP contribution in [0, 0.1) is 0 Å². The van der Waals surface area contributed by atoms with Gasteiger partial charge in [0.15, 0.2) is 6.29 Å². The zero-order chi connectivity index (χ0) is 15.7. The van der Waals surface area contributed by atoms with Gasteiger partial charge in [-0.05, 0) is 30.9 Å². The Morgan fingerprint density at radius 3 is 2.36 bits per heavy atom. The van der Waals surface area contributed by atoms with Crippen LogP contribution in [0.3, 0.4) is 0 Å². The van der Waals surface area contributed by atoms with Crippen LogP contribution in [0.25, 0.3) is 0 Å². The molecule has 3 unspecified atom stereocenters. The second-order valence-corrected chi connectivity index (χ2v) is 6.18. The van der Waals surface area contributed by atoms with Gasteiger partial charge >= 0.3 is 0 Å². The lowest BCUT2D eigenvalue weighted by atomic mass is 10.1. The summed E-state index contributed by atoms with van der Waals surface area (Å²) in [6, 6.07) is 8.86. The second-order valence-electron chi connectivity index (χ2n) is 6.18. The summed E-state index contributed by atoms with van der Waals surface area (Å²) in [5.74, 6) is 0.0718. The van der Waals surface area contributed by atoms with Crippen LogP contribution in [0.1, 0.15) is 18.1 Å². The van der Waals surface area contributed by atoms with Crippen molar-refractivity contribution in [1.29, 1.82) is 0 Å². The Balaban J connectivity index is 1.52. The molecular formula is C17H24N2O3. The Morgan fingerprint density at radius 2 is 1.82 bits per heavy atom. The SMILES string of the molecule is COC(OC)C(C)NC(=O)C1CN1C1Cc2ccccc2C1. The zero-order valence-electron chi connectivity index (χ0n) is 13.4. The molecule has 0 radical (unpaired) electrons. The van der Waals surface area contributed by atoms with Gasteiger partial charge in [0.05, 0.1) is 6.04 Å². The maximum absolute atomic E-state index is 12.3. The molecule has 1 aromatic carbocycles. The summed E-state index contributed by atoms with van der Waals surface area (Å²) in [7, 11) is 3.16. The van der Waals surface area contributed by atoms with Crippen LogP contribution < -0.4 is 5.32 Å². The third-order valence-electron chi connectivity index (χ3n) is 4.69. The van der Waals surface area contributed by atoms with Crippen molar-refractivity contribution in [2.24, 2.45) is 0 Å². The molecule has 5 nitrogen and oxygen atoms in total. The first-order chi connectivity index (χ1) is 10.6. The number of methoxy groups -OCH3 is 2. The van der Waals surface area contributed by atoms with Crippen molar-refractivity contribution in [3.63, 3.8) is 0 Å². The largest absolute Gasteiger partial charge is 0.354 e. The van der Waals surface area contributed by atoms with E-state index in [2.05, 4.69) is 34.5 Å². The van der Waals surface area contributed by atoms with E-state index in [0.29, 0.717) is 6.04 Å². The molecule has 0 saturated carbocycles. The van der Waals surface area contributed by atoms with Gasteiger partial charge in [0, 0.05) is 26.8 Å². The minimum atomic E-state index is -0.410. The zero-order valence-corrected chi connectivity index (χ0v) is 13.4. The number of rotatable bonds is 6. The van der Waals surface area contributed by atoms with Gasteiger partial charge in [-0.2, -0.15) is 0 Å². The summed E-state index contributed by atoms with van der Waals surface area (Å²) in [5, 5.41) is 2.99. The highest BCUT2D eigenvalue weighted by atomic mass is 16.7. The summed E-state index contributed by atoms with van der Waals surface area (Å²) in [5.41, 5.74) is 2.84. The molecule has 22 heavy (non-hydrogen) atoms. The second kappa shape index (κ2) is 6.36. The van der Waals surface area contributed by atoms with E-state index in [-0.39, 0.29) is 18.0 Å². The standard InChI is InChI=1S/C17H24N2O3/c1-11(17(21-2)22-3)18-16(20)15-10-19(15)14-8-12-6-4-5-7-13(12)9-14/h4-7,11,14-15,17H,8-10H2,1-3H3,(H,18,20). The molecule has 2 aliphatic rings. The summed E-state index contributed by atoms with van der Waals surface area (Å²) >= 11 is 0. The van der Waals surface area contributed by atoms with Crippen LogP contribution in [0.2, 0.25) is 0 Å². The Kier molecular flexibility index (Phi) is 4.47. The number of benzene rings is 1. The minimum absolute atomic E-state index is 0.00359. The molecule has 1 amide bonds. The topological polar surface area (TPSA) is 50.6 Å². The molecule has 1 fully saturated rings. The van der Waals surface area contributed by atoms with Gasteiger partial charge < -0.3 is 14.8 Å². The lowest BCUT2D eigenvalue weighted by Crippen LogP contribution is -2.45. The minimum Gasteiger partial charge on any atom is -0.354 e. The first kappa shape index (κ1) is 15.5. The lowest BCUT2D eigenvalue weighted by Gasteiger charge is -2.22. The van der Waals surface area contributed by atoms with Crippen LogP contribution >= 0.6 is 0 Å². The van der Waals surface area contributed by atoms with Crippen LogP contribution in [0.4, 0.5) is 0 Å². The molecule has 1 N–H and O–H groups in total. The number of hydrogen-bond donors (Lipinski definition) is 1. The Labute approximate surface area is 131 Å². The van der Waals surface area contributed by atoms with E-state index in [0.717, 1.165) is 19.4 Å². The highest BCUT2D eigenvalue weighted by Crippen LogP contribution is 2.32. The van der Waals surface area contributed by atoms with Crippen molar-refractivity contribution in [3.8, 4) is 0 Å². The molecule has 1 saturated heterocycles. The molecule has 0 aromatic heterocycles. The molecule has 3 atom stereocenters. The van der Waals surface area contributed by atoms with Crippen LogP contribution in [-0.4, -0.2) is 56.0 Å². The quantitative estimate of drug-likeness (QED) is 0.628. The Hall–Kier alpha value is -1.43. The average molecular weight is 304 g/mol. The number of fused-ring (bicyclic) bond motifs is 1. The molecule has 0 spiro atoms. The van der Waals surface area contributed by atoms with Gasteiger partial charge in [-0.25, -0.2) is 0 Å². The monoisotopic (exact) mass is 304 g/mol. The number of amides is 1. The van der Waals surface area contributed by atoms with Gasteiger partial charge in [0.25, 0.3) is 0 Å². The average Bonchev–Trinajstić information content (AvgIpc) is 3.20. The van der Waals surface area contributed by atoms with Gasteiger partial charge in [0.1, 0.15) is 6.04 Å². The van der Waals surface area contributed by atoms with Gasteiger partial charge in [-0.1, -0.05) is 24.3 Å². The number of nitrogens with zero attached hydrogens (tertiary/aromatic N) is 1. The van der Waals surface area contributed by atoms with E-state index in [1.807, 2.05) is 6.92 Å². The van der Waals surface area contributed by atoms with E-state index < -0.39 is 6.29 Å². The number of hydrogen-bond acceptors (Lipinski definition) is 4. The van der Waals surface area contributed by atoms with Crippen LogP contribution in [-0.2, 0) is 27.1 Å². The molecule has 3 rings (SSSR count). The molecule has 1 aliphatic heterocycles. The van der Waals surface area contributed by atoms with Gasteiger partial charge in [-0.15, -0.1) is 0 Å². The maximum Gasteiger partial charge on any atom is 0.239 e. The predicted octanol–water partition coefficient (Wildman–Crippen LogP) is 0.962. The lowest BCUT2D eigenvalue weighted by molar-refractivity contribution is -0.136. The van der Waals surface area contributed by atoms with E-state index in [4.69, 9.17) is 9.47 Å². The Morgan fingerprint density at radius 1 is 1.23 bits per heavy atom. The molecule has 1 aromatic rings. The van der Waals surface area contributed by atoms with Crippen molar-refractivity contribution >= 4 is 5.91 Å². The smallest absolute Gasteiger partial charge is 0.239 e. The first-order valence-corrected chi connectivity index (χ1v) is 7.82. The van der Waals surface area contributed by atoms with Crippen LogP contribution in [0.5, 0.6) is 0 Å². The van der Waals surface area contributed by atoms with Crippen molar-refractivity contribution in [2.45, 2.75) is 44.2 Å². The number of ether oxygens (including phenoxy) is 2. The summed E-state index contributed by atoms with van der Waals surface area (Å²) < 4.78 is 10.4. The van der Waals surface area contributed by atoms with E-state index in [9.17, 15) is 4.79 Å². The van der Waals surface area contributed by atoms with E-state index in [1.165, 1.54) is 11.1 Å². The fraction of sp³-hybridized carbons (Fsp3) is 0.588. The highest BCUT2D eigenvalue weighted by Gasteiger charge is 2.46. The normalized spacial score (nSPS) is 25.1. The van der Waals surface area contributed by atoms with Crippen molar-refractivity contribution in [1.82, 2.24) is 10.2 Å². The van der Waals surface area contributed by atoms with Gasteiger partial charge in [0.2, 0.25) is 5.91 Å². The predicted molar refractivity (Wildman–Crippen MR) is 83.5 cm³/mol. The third-order valence-corrected chi connectivity index (χ3v) is 4.69. The van der Waals surface area contributed by atoms with Crippen LogP contribution in [0.15, 0.2) is 24.3 Å². The van der Waals surface area contributed by atoms with Crippen molar-refractivity contribution in [2.75, 3.05) is 20.8 Å². The fourth-order valence-electron chi connectivity index (χ4n) is 3.45. The fourth-order valence-corrected chi connectivity index (χ4v) is 3.45. The van der Waals surface area contributed by atoms with Crippen molar-refractivity contribution in [3.05, 3.63) is 35.4 Å². The molecule has 0 bridgehead atoms. The third kappa shape index (κ3) is 3.02. The summed E-state index contributed by atoms with van der Waals surface area (Å²) in [4.78, 5) is 14.6. The molecule has 5 heteroatoms.